The van der Waals surface area contributed by atoms with E-state index in [9.17, 15) is 19.7 Å². The van der Waals surface area contributed by atoms with Crippen LogP contribution in [0.3, 0.4) is 0 Å². The molecule has 2 amide bonds. The number of rotatable bonds is 5. The van der Waals surface area contributed by atoms with Gasteiger partial charge in [0.2, 0.25) is 5.91 Å². The Morgan fingerprint density at radius 2 is 2.09 bits per heavy atom. The first-order chi connectivity index (χ1) is 10.8. The molecule has 11 nitrogen and oxygen atoms in total. The lowest BCUT2D eigenvalue weighted by atomic mass is 10.3. The lowest BCUT2D eigenvalue weighted by Crippen LogP contribution is -2.26. The second-order valence-electron chi connectivity index (χ2n) is 4.75. The number of nitrogens with one attached hydrogen (secondary N) is 2. The Bertz CT molecular complexity index is 763. The van der Waals surface area contributed by atoms with Crippen LogP contribution in [0.5, 0.6) is 0 Å². The SMILES string of the molecule is CNC(=O)c1nn(C)cc1NC(=O)C(C)n1cc([N+](=O)[O-])cn1. The van der Waals surface area contributed by atoms with Gasteiger partial charge in [0.05, 0.1) is 10.6 Å². The van der Waals surface area contributed by atoms with Gasteiger partial charge in [0, 0.05) is 20.3 Å². The smallest absolute Gasteiger partial charge is 0.307 e. The maximum atomic E-state index is 12.3. The quantitative estimate of drug-likeness (QED) is 0.591. The van der Waals surface area contributed by atoms with E-state index in [-0.39, 0.29) is 17.1 Å². The summed E-state index contributed by atoms with van der Waals surface area (Å²) in [5, 5.41) is 23.4. The zero-order valence-corrected chi connectivity index (χ0v) is 12.7. The summed E-state index contributed by atoms with van der Waals surface area (Å²) >= 11 is 0. The lowest BCUT2D eigenvalue weighted by Gasteiger charge is -2.11. The van der Waals surface area contributed by atoms with Gasteiger partial charge in [-0.1, -0.05) is 0 Å². The Hall–Kier alpha value is -3.24. The van der Waals surface area contributed by atoms with Gasteiger partial charge in [-0.05, 0) is 6.92 Å². The monoisotopic (exact) mass is 321 g/mol. The molecule has 2 aromatic rings. The maximum Gasteiger partial charge on any atom is 0.307 e. The van der Waals surface area contributed by atoms with Crippen LogP contribution in [-0.2, 0) is 11.8 Å². The van der Waals surface area contributed by atoms with Gasteiger partial charge >= 0.3 is 5.69 Å². The second-order valence-corrected chi connectivity index (χ2v) is 4.75. The summed E-state index contributed by atoms with van der Waals surface area (Å²) in [6, 6.07) is -0.804. The van der Waals surface area contributed by atoms with E-state index >= 15 is 0 Å². The maximum absolute atomic E-state index is 12.3. The van der Waals surface area contributed by atoms with Crippen LogP contribution < -0.4 is 10.6 Å². The number of aromatic nitrogens is 4. The van der Waals surface area contributed by atoms with Crippen LogP contribution in [0.15, 0.2) is 18.6 Å². The molecular formula is C12H15N7O4. The van der Waals surface area contributed by atoms with Crippen LogP contribution in [0.1, 0.15) is 23.5 Å². The number of nitrogens with zero attached hydrogens (tertiary/aromatic N) is 5. The number of anilines is 1. The fourth-order valence-electron chi connectivity index (χ4n) is 1.86. The van der Waals surface area contributed by atoms with Crippen molar-refractivity contribution in [3.05, 3.63) is 34.4 Å². The Labute approximate surface area is 130 Å². The molecule has 23 heavy (non-hydrogen) atoms. The largest absolute Gasteiger partial charge is 0.354 e. The molecule has 0 aromatic carbocycles. The van der Waals surface area contributed by atoms with Crippen molar-refractivity contribution in [2.45, 2.75) is 13.0 Å². The molecule has 2 rings (SSSR count). The number of aryl methyl sites for hydroxylation is 1. The first-order valence-corrected chi connectivity index (χ1v) is 6.58. The third kappa shape index (κ3) is 3.33. The van der Waals surface area contributed by atoms with Crippen LogP contribution in [0, 0.1) is 10.1 Å². The van der Waals surface area contributed by atoms with Crippen LogP contribution in [0.2, 0.25) is 0 Å². The topological polar surface area (TPSA) is 137 Å². The van der Waals surface area contributed by atoms with E-state index in [0.29, 0.717) is 0 Å². The molecular weight excluding hydrogens is 306 g/mol. The minimum Gasteiger partial charge on any atom is -0.354 e. The summed E-state index contributed by atoms with van der Waals surface area (Å²) in [7, 11) is 3.07. The summed E-state index contributed by atoms with van der Waals surface area (Å²) in [4.78, 5) is 34.0. The molecule has 0 fully saturated rings. The van der Waals surface area contributed by atoms with Crippen LogP contribution in [0.25, 0.3) is 0 Å². The number of amides is 2. The van der Waals surface area contributed by atoms with Crippen molar-refractivity contribution >= 4 is 23.2 Å². The molecule has 0 aliphatic heterocycles. The fraction of sp³-hybridized carbons (Fsp3) is 0.333. The third-order valence-electron chi connectivity index (χ3n) is 3.10. The number of hydrogen-bond donors (Lipinski definition) is 2. The Morgan fingerprint density at radius 3 is 2.65 bits per heavy atom. The van der Waals surface area contributed by atoms with Crippen LogP contribution >= 0.6 is 0 Å². The van der Waals surface area contributed by atoms with E-state index in [1.807, 2.05) is 0 Å². The molecule has 0 aliphatic carbocycles. The molecule has 0 spiro atoms. The molecule has 2 heterocycles. The van der Waals surface area contributed by atoms with Crippen molar-refractivity contribution in [3.63, 3.8) is 0 Å². The van der Waals surface area contributed by atoms with Gasteiger partial charge in [0.15, 0.2) is 5.69 Å². The van der Waals surface area contributed by atoms with E-state index < -0.39 is 22.8 Å². The van der Waals surface area contributed by atoms with Crippen molar-refractivity contribution in [2.24, 2.45) is 7.05 Å². The number of nitro groups is 1. The van der Waals surface area contributed by atoms with Crippen molar-refractivity contribution in [3.8, 4) is 0 Å². The molecule has 1 atom stereocenters. The molecule has 2 aromatic heterocycles. The number of carbonyl (C=O) groups is 2. The van der Waals surface area contributed by atoms with E-state index in [0.717, 1.165) is 12.4 Å². The average molecular weight is 321 g/mol. The van der Waals surface area contributed by atoms with Gasteiger partial charge < -0.3 is 10.6 Å². The molecule has 1 unspecified atom stereocenters. The van der Waals surface area contributed by atoms with Crippen molar-refractivity contribution < 1.29 is 14.5 Å². The van der Waals surface area contributed by atoms with Crippen molar-refractivity contribution in [2.75, 3.05) is 12.4 Å². The molecule has 2 N–H and O–H groups in total. The van der Waals surface area contributed by atoms with Crippen molar-refractivity contribution in [1.29, 1.82) is 0 Å². The zero-order chi connectivity index (χ0) is 17.1. The Kier molecular flexibility index (Phi) is 4.39. The molecule has 0 saturated carbocycles. The molecule has 0 bridgehead atoms. The van der Waals surface area contributed by atoms with Gasteiger partial charge in [-0.25, -0.2) is 0 Å². The first kappa shape index (κ1) is 16.1. The Morgan fingerprint density at radius 1 is 1.39 bits per heavy atom. The summed E-state index contributed by atoms with van der Waals surface area (Å²) in [6.45, 7) is 1.53. The predicted octanol–water partition coefficient (Wildman–Crippen LogP) is 0.0841. The highest BCUT2D eigenvalue weighted by Crippen LogP contribution is 2.17. The molecule has 0 aliphatic rings. The molecule has 122 valence electrons. The first-order valence-electron chi connectivity index (χ1n) is 6.58. The highest BCUT2D eigenvalue weighted by Gasteiger charge is 2.22. The van der Waals surface area contributed by atoms with E-state index in [4.69, 9.17) is 0 Å². The summed E-state index contributed by atoms with van der Waals surface area (Å²) < 4.78 is 2.56. The van der Waals surface area contributed by atoms with E-state index in [2.05, 4.69) is 20.8 Å². The minimum absolute atomic E-state index is 0.0713. The summed E-state index contributed by atoms with van der Waals surface area (Å²) in [5.74, 6) is -0.926. The van der Waals surface area contributed by atoms with Gasteiger partial charge in [-0.2, -0.15) is 10.2 Å². The number of hydrogen-bond acceptors (Lipinski definition) is 6. The van der Waals surface area contributed by atoms with Gasteiger partial charge in [0.25, 0.3) is 5.91 Å². The summed E-state index contributed by atoms with van der Waals surface area (Å²) in [5.41, 5.74) is 0.101. The predicted molar refractivity (Wildman–Crippen MR) is 78.8 cm³/mol. The van der Waals surface area contributed by atoms with Crippen LogP contribution in [0.4, 0.5) is 11.4 Å². The standard InChI is InChI=1S/C12H15N7O4/c1-7(18-5-8(4-14-18)19(22)23)11(20)15-9-6-17(3)16-10(9)12(21)13-2/h4-7H,1-3H3,(H,13,21)(H,15,20). The highest BCUT2D eigenvalue weighted by atomic mass is 16.6. The fourth-order valence-corrected chi connectivity index (χ4v) is 1.86. The van der Waals surface area contributed by atoms with Gasteiger partial charge in [-0.15, -0.1) is 0 Å². The normalized spacial score (nSPS) is 11.8. The molecule has 0 saturated heterocycles. The molecule has 11 heteroatoms. The van der Waals surface area contributed by atoms with Gasteiger partial charge in [0.1, 0.15) is 18.4 Å². The minimum atomic E-state index is -0.804. The Balaban J connectivity index is 2.18. The van der Waals surface area contributed by atoms with E-state index in [1.165, 1.54) is 29.5 Å². The zero-order valence-electron chi connectivity index (χ0n) is 12.7. The average Bonchev–Trinajstić information content (AvgIpc) is 3.12. The van der Waals surface area contributed by atoms with Crippen LogP contribution in [-0.4, -0.2) is 43.3 Å². The molecule has 0 radical (unpaired) electrons. The lowest BCUT2D eigenvalue weighted by molar-refractivity contribution is -0.385. The third-order valence-corrected chi connectivity index (χ3v) is 3.10. The number of carbonyl (C=O) groups excluding carboxylic acids is 2. The summed E-state index contributed by atoms with van der Waals surface area (Å²) in [6.07, 6.45) is 3.71. The highest BCUT2D eigenvalue weighted by molar-refractivity contribution is 6.02. The van der Waals surface area contributed by atoms with Gasteiger partial charge in [-0.3, -0.25) is 29.1 Å². The van der Waals surface area contributed by atoms with E-state index in [1.54, 1.807) is 7.05 Å². The second kappa shape index (κ2) is 6.25. The van der Waals surface area contributed by atoms with Crippen molar-refractivity contribution in [1.82, 2.24) is 24.9 Å².